The minimum atomic E-state index is -1.20. The molecule has 0 atom stereocenters. The molecule has 2 heterocycles. The topological polar surface area (TPSA) is 103 Å². The number of carboxylic acid groups (broad SMARTS) is 1. The van der Waals surface area contributed by atoms with Gasteiger partial charge in [-0.15, -0.1) is 0 Å². The molecule has 1 aliphatic carbocycles. The Kier molecular flexibility index (Phi) is 4.24. The molecule has 0 bridgehead atoms. The molecular weight excluding hydrogens is 348 g/mol. The number of aliphatic hydroxyl groups excluding tert-OH is 1. The monoisotopic (exact) mass is 372 g/mol. The molecule has 1 aromatic heterocycles. The molecular formula is C20H24N2O5. The van der Waals surface area contributed by atoms with E-state index in [2.05, 4.69) is 4.90 Å². The number of aromatic carboxylic acids is 1. The summed E-state index contributed by atoms with van der Waals surface area (Å²) in [7, 11) is 0. The van der Waals surface area contributed by atoms with E-state index >= 15 is 0 Å². The predicted molar refractivity (Wildman–Crippen MR) is 102 cm³/mol. The molecule has 0 unspecified atom stereocenters. The minimum Gasteiger partial charge on any atom is -0.477 e. The van der Waals surface area contributed by atoms with Crippen molar-refractivity contribution in [3.05, 3.63) is 39.7 Å². The van der Waals surface area contributed by atoms with Crippen molar-refractivity contribution in [2.75, 3.05) is 24.6 Å². The molecule has 7 heteroatoms. The zero-order valence-electron chi connectivity index (χ0n) is 15.3. The molecule has 2 aliphatic rings. The molecule has 0 spiro atoms. The summed E-state index contributed by atoms with van der Waals surface area (Å²) < 4.78 is 1.95. The number of hydrogen-bond acceptors (Lipinski definition) is 5. The van der Waals surface area contributed by atoms with E-state index in [9.17, 15) is 24.9 Å². The third-order valence-corrected chi connectivity index (χ3v) is 5.92. The number of carbonyl (C=O) groups is 1. The highest BCUT2D eigenvalue weighted by Crippen LogP contribution is 2.39. The Morgan fingerprint density at radius 3 is 2.48 bits per heavy atom. The lowest BCUT2D eigenvalue weighted by Gasteiger charge is -2.39. The number of piperidine rings is 1. The van der Waals surface area contributed by atoms with E-state index in [1.807, 2.05) is 17.6 Å². The van der Waals surface area contributed by atoms with Gasteiger partial charge in [-0.05, 0) is 50.3 Å². The lowest BCUT2D eigenvalue weighted by Crippen LogP contribution is -2.46. The van der Waals surface area contributed by atoms with Crippen molar-refractivity contribution in [3.63, 3.8) is 0 Å². The lowest BCUT2D eigenvalue weighted by molar-refractivity contribution is -0.0325. The van der Waals surface area contributed by atoms with E-state index in [1.54, 1.807) is 6.07 Å². The van der Waals surface area contributed by atoms with Gasteiger partial charge in [-0.25, -0.2) is 4.79 Å². The zero-order chi connectivity index (χ0) is 19.3. The number of hydrogen-bond donors (Lipinski definition) is 3. The molecule has 144 valence electrons. The SMILES string of the molecule is Cc1c(N2CCC(O)(CO)CC2)ccc2c(=O)c(C(=O)O)cn(C3CC3)c12. The van der Waals surface area contributed by atoms with Gasteiger partial charge in [0.25, 0.3) is 0 Å². The van der Waals surface area contributed by atoms with E-state index < -0.39 is 17.0 Å². The molecule has 0 radical (unpaired) electrons. The van der Waals surface area contributed by atoms with Crippen LogP contribution in [-0.2, 0) is 0 Å². The Morgan fingerprint density at radius 1 is 1.26 bits per heavy atom. The van der Waals surface area contributed by atoms with E-state index in [0.717, 1.165) is 29.6 Å². The fourth-order valence-corrected chi connectivity index (χ4v) is 4.07. The fraction of sp³-hybridized carbons (Fsp3) is 0.500. The maximum atomic E-state index is 12.7. The first-order valence-corrected chi connectivity index (χ1v) is 9.34. The third kappa shape index (κ3) is 3.00. The van der Waals surface area contributed by atoms with Gasteiger partial charge in [-0.1, -0.05) is 0 Å². The second-order valence-electron chi connectivity index (χ2n) is 7.79. The molecule has 1 saturated heterocycles. The molecule has 2 aromatic rings. The van der Waals surface area contributed by atoms with Gasteiger partial charge in [0.15, 0.2) is 0 Å². The Balaban J connectivity index is 1.83. The van der Waals surface area contributed by atoms with Crippen LogP contribution in [0.15, 0.2) is 23.1 Å². The fourth-order valence-electron chi connectivity index (χ4n) is 4.07. The number of aliphatic hydroxyl groups is 2. The number of aryl methyl sites for hydroxylation is 1. The van der Waals surface area contributed by atoms with Gasteiger partial charge in [0.2, 0.25) is 5.43 Å². The van der Waals surface area contributed by atoms with Crippen molar-refractivity contribution < 1.29 is 20.1 Å². The highest BCUT2D eigenvalue weighted by atomic mass is 16.4. The number of benzene rings is 1. The molecule has 3 N–H and O–H groups in total. The van der Waals surface area contributed by atoms with Crippen molar-refractivity contribution in [1.82, 2.24) is 4.57 Å². The van der Waals surface area contributed by atoms with Gasteiger partial charge in [0.05, 0.1) is 17.7 Å². The van der Waals surface area contributed by atoms with Crippen LogP contribution in [0.25, 0.3) is 10.9 Å². The quantitative estimate of drug-likeness (QED) is 0.754. The van der Waals surface area contributed by atoms with E-state index in [0.29, 0.717) is 31.3 Å². The van der Waals surface area contributed by atoms with E-state index in [4.69, 9.17) is 0 Å². The standard InChI is InChI=1S/C20H24N2O5/c1-12-16(21-8-6-20(27,11-23)7-9-21)5-4-14-17(12)22(13-2-3-13)10-15(18(14)24)19(25)26/h4-5,10,13,23,27H,2-3,6-9,11H2,1H3,(H,25,26). The number of pyridine rings is 1. The average molecular weight is 372 g/mol. The number of nitrogens with zero attached hydrogens (tertiary/aromatic N) is 2. The normalized spacial score (nSPS) is 19.4. The summed E-state index contributed by atoms with van der Waals surface area (Å²) in [5, 5.41) is 29.4. The van der Waals surface area contributed by atoms with Crippen LogP contribution < -0.4 is 10.3 Å². The Labute approximate surface area is 156 Å². The summed E-state index contributed by atoms with van der Waals surface area (Å²) in [6.07, 6.45) is 4.41. The summed E-state index contributed by atoms with van der Waals surface area (Å²) in [5.74, 6) is -1.20. The smallest absolute Gasteiger partial charge is 0.341 e. The van der Waals surface area contributed by atoms with Crippen LogP contribution in [0.4, 0.5) is 5.69 Å². The van der Waals surface area contributed by atoms with Crippen molar-refractivity contribution >= 4 is 22.6 Å². The summed E-state index contributed by atoms with van der Waals surface area (Å²) in [6.45, 7) is 2.95. The lowest BCUT2D eigenvalue weighted by atomic mass is 9.91. The number of rotatable bonds is 4. The minimum absolute atomic E-state index is 0.187. The van der Waals surface area contributed by atoms with Gasteiger partial charge >= 0.3 is 5.97 Å². The number of anilines is 1. The third-order valence-electron chi connectivity index (χ3n) is 5.92. The van der Waals surface area contributed by atoms with Crippen LogP contribution in [0.2, 0.25) is 0 Å². The van der Waals surface area contributed by atoms with Crippen LogP contribution in [0.5, 0.6) is 0 Å². The zero-order valence-corrected chi connectivity index (χ0v) is 15.3. The van der Waals surface area contributed by atoms with Crippen LogP contribution in [-0.4, -0.2) is 51.2 Å². The van der Waals surface area contributed by atoms with Gasteiger partial charge in [0.1, 0.15) is 5.56 Å². The molecule has 1 saturated carbocycles. The average Bonchev–Trinajstić information content (AvgIpc) is 3.48. The Hall–Kier alpha value is -2.38. The molecule has 4 rings (SSSR count). The second-order valence-corrected chi connectivity index (χ2v) is 7.79. The Bertz CT molecular complexity index is 968. The highest BCUT2D eigenvalue weighted by Gasteiger charge is 2.33. The van der Waals surface area contributed by atoms with Crippen LogP contribution in [0.3, 0.4) is 0 Å². The second kappa shape index (κ2) is 6.35. The first kappa shape index (κ1) is 18.0. The summed E-state index contributed by atoms with van der Waals surface area (Å²) in [4.78, 5) is 26.3. The first-order chi connectivity index (χ1) is 12.8. The van der Waals surface area contributed by atoms with Crippen molar-refractivity contribution in [2.24, 2.45) is 0 Å². The summed E-state index contributed by atoms with van der Waals surface area (Å²) in [6, 6.07) is 3.82. The molecule has 27 heavy (non-hydrogen) atoms. The van der Waals surface area contributed by atoms with Gasteiger partial charge in [0, 0.05) is 36.4 Å². The first-order valence-electron chi connectivity index (χ1n) is 9.34. The van der Waals surface area contributed by atoms with Crippen LogP contribution in [0.1, 0.15) is 47.6 Å². The van der Waals surface area contributed by atoms with Crippen molar-refractivity contribution in [2.45, 2.75) is 44.2 Å². The largest absolute Gasteiger partial charge is 0.477 e. The van der Waals surface area contributed by atoms with Gasteiger partial charge < -0.3 is 24.8 Å². The molecule has 7 nitrogen and oxygen atoms in total. The van der Waals surface area contributed by atoms with Gasteiger partial charge in [-0.3, -0.25) is 4.79 Å². The van der Waals surface area contributed by atoms with Crippen molar-refractivity contribution in [1.29, 1.82) is 0 Å². The maximum absolute atomic E-state index is 12.7. The predicted octanol–water partition coefficient (Wildman–Crippen LogP) is 1.67. The number of fused-ring (bicyclic) bond motifs is 1. The van der Waals surface area contributed by atoms with E-state index in [1.165, 1.54) is 6.20 Å². The van der Waals surface area contributed by atoms with Crippen LogP contribution >= 0.6 is 0 Å². The molecule has 0 amide bonds. The molecule has 1 aromatic carbocycles. The summed E-state index contributed by atoms with van der Waals surface area (Å²) in [5.41, 5.74) is 1.08. The van der Waals surface area contributed by atoms with E-state index in [-0.39, 0.29) is 18.2 Å². The molecule has 2 fully saturated rings. The van der Waals surface area contributed by atoms with Gasteiger partial charge in [-0.2, -0.15) is 0 Å². The maximum Gasteiger partial charge on any atom is 0.341 e. The van der Waals surface area contributed by atoms with Crippen LogP contribution in [0, 0.1) is 6.92 Å². The Morgan fingerprint density at radius 2 is 1.93 bits per heavy atom. The number of aromatic nitrogens is 1. The van der Waals surface area contributed by atoms with Crippen molar-refractivity contribution in [3.8, 4) is 0 Å². The summed E-state index contributed by atoms with van der Waals surface area (Å²) >= 11 is 0. The number of carboxylic acids is 1. The highest BCUT2D eigenvalue weighted by molar-refractivity contribution is 5.95. The molecule has 1 aliphatic heterocycles.